The number of hydrogen-bond acceptors (Lipinski definition) is 8. The maximum atomic E-state index is 12.4. The number of hydrogen-bond donors (Lipinski definition) is 0. The average Bonchev–Trinajstić information content (AvgIpc) is 3.06. The van der Waals surface area contributed by atoms with Crippen LogP contribution in [0.4, 0.5) is 0 Å². The number of carbonyl (C=O) groups excluding carboxylic acids is 2. The molecule has 0 heterocycles. The molecule has 4 aromatic rings. The van der Waals surface area contributed by atoms with Crippen molar-refractivity contribution in [3.63, 3.8) is 0 Å². The Kier molecular flexibility index (Phi) is 13.6. The molecule has 0 aliphatic rings. The molecular weight excluding hydrogens is 560 g/mol. The van der Waals surface area contributed by atoms with Crippen molar-refractivity contribution in [1.29, 1.82) is 0 Å². The molecule has 1 unspecified atom stereocenters. The summed E-state index contributed by atoms with van der Waals surface area (Å²) in [6.07, 6.45) is -4.11. The average molecular weight is 599 g/mol. The monoisotopic (exact) mass is 598 g/mol. The van der Waals surface area contributed by atoms with Crippen LogP contribution >= 0.6 is 0 Å². The van der Waals surface area contributed by atoms with Crippen molar-refractivity contribution in [2.75, 3.05) is 6.61 Å². The van der Waals surface area contributed by atoms with Gasteiger partial charge in [-0.2, -0.15) is 0 Å². The molecular formula is C36H38O8. The highest BCUT2D eigenvalue weighted by Crippen LogP contribution is 2.24. The van der Waals surface area contributed by atoms with E-state index in [2.05, 4.69) is 0 Å². The third-order valence-corrected chi connectivity index (χ3v) is 6.69. The topological polar surface area (TPSA) is 89.5 Å². The highest BCUT2D eigenvalue weighted by atomic mass is 16.7. The van der Waals surface area contributed by atoms with Crippen LogP contribution in [-0.2, 0) is 64.4 Å². The Morgan fingerprint density at radius 3 is 1.43 bits per heavy atom. The maximum absolute atomic E-state index is 12.4. The summed E-state index contributed by atoms with van der Waals surface area (Å²) in [7, 11) is 0. The molecule has 0 bridgehead atoms. The second-order valence-corrected chi connectivity index (χ2v) is 10.1. The van der Waals surface area contributed by atoms with Gasteiger partial charge in [0.1, 0.15) is 6.10 Å². The van der Waals surface area contributed by atoms with Gasteiger partial charge in [-0.3, -0.25) is 9.59 Å². The lowest BCUT2D eigenvalue weighted by Crippen LogP contribution is -2.52. The van der Waals surface area contributed by atoms with Crippen LogP contribution in [0, 0.1) is 0 Å². The van der Waals surface area contributed by atoms with E-state index in [0.29, 0.717) is 13.1 Å². The van der Waals surface area contributed by atoms with Crippen molar-refractivity contribution in [3.05, 3.63) is 144 Å². The van der Waals surface area contributed by atoms with E-state index in [1.807, 2.05) is 121 Å². The van der Waals surface area contributed by atoms with E-state index in [0.717, 1.165) is 22.3 Å². The Morgan fingerprint density at radius 1 is 0.591 bits per heavy atom. The number of rotatable bonds is 19. The highest BCUT2D eigenvalue weighted by molar-refractivity contribution is 5.66. The Balaban J connectivity index is 1.65. The fraction of sp³-hybridized carbons (Fsp3) is 0.278. The summed E-state index contributed by atoms with van der Waals surface area (Å²) in [5.74, 6) is -0.564. The van der Waals surface area contributed by atoms with Crippen molar-refractivity contribution < 1.29 is 38.0 Å². The van der Waals surface area contributed by atoms with Crippen molar-refractivity contribution in [3.8, 4) is 0 Å². The Labute approximate surface area is 258 Å². The predicted octanol–water partition coefficient (Wildman–Crippen LogP) is 6.02. The molecule has 44 heavy (non-hydrogen) atoms. The zero-order valence-corrected chi connectivity index (χ0v) is 24.7. The SMILES string of the molecule is CC(=O)OC(OCc1ccccc1)[C@@H](OCc1ccccc1)[C@H](OCc1ccccc1)[C@@H](COCc1ccccc1)OC=O. The van der Waals surface area contributed by atoms with Gasteiger partial charge >= 0.3 is 5.97 Å². The van der Waals surface area contributed by atoms with Gasteiger partial charge in [-0.25, -0.2) is 0 Å². The van der Waals surface area contributed by atoms with E-state index in [-0.39, 0.29) is 26.4 Å². The van der Waals surface area contributed by atoms with E-state index in [1.54, 1.807) is 0 Å². The minimum absolute atomic E-state index is 0.0102. The van der Waals surface area contributed by atoms with Gasteiger partial charge in [0.2, 0.25) is 6.29 Å². The van der Waals surface area contributed by atoms with E-state index in [4.69, 9.17) is 28.4 Å². The summed E-state index contributed by atoms with van der Waals surface area (Å²) in [5, 5.41) is 0. The van der Waals surface area contributed by atoms with Crippen LogP contribution < -0.4 is 0 Å². The number of carbonyl (C=O) groups is 2. The summed E-state index contributed by atoms with van der Waals surface area (Å²) in [4.78, 5) is 24.2. The van der Waals surface area contributed by atoms with E-state index < -0.39 is 30.6 Å². The smallest absolute Gasteiger partial charge is 0.305 e. The molecule has 0 saturated carbocycles. The van der Waals surface area contributed by atoms with Crippen molar-refractivity contribution in [2.45, 2.75) is 58.0 Å². The molecule has 0 aliphatic carbocycles. The molecule has 0 radical (unpaired) electrons. The summed E-state index contributed by atoms with van der Waals surface area (Å²) >= 11 is 0. The van der Waals surface area contributed by atoms with Crippen LogP contribution in [-0.4, -0.2) is 43.7 Å². The number of ether oxygens (including phenoxy) is 6. The summed E-state index contributed by atoms with van der Waals surface area (Å²) in [5.41, 5.74) is 3.61. The van der Waals surface area contributed by atoms with Crippen molar-refractivity contribution in [2.24, 2.45) is 0 Å². The largest absolute Gasteiger partial charge is 0.459 e. The van der Waals surface area contributed by atoms with Crippen LogP contribution in [0.2, 0.25) is 0 Å². The normalized spacial score (nSPS) is 13.8. The minimum Gasteiger partial charge on any atom is -0.459 e. The van der Waals surface area contributed by atoms with Gasteiger partial charge in [-0.05, 0) is 22.3 Å². The molecule has 0 aromatic heterocycles. The number of esters is 1. The second kappa shape index (κ2) is 18.4. The summed E-state index contributed by atoms with van der Waals surface area (Å²) in [6, 6.07) is 38.3. The molecule has 8 heteroatoms. The van der Waals surface area contributed by atoms with Crippen molar-refractivity contribution >= 4 is 12.4 Å². The van der Waals surface area contributed by atoms with Crippen molar-refractivity contribution in [1.82, 2.24) is 0 Å². The highest BCUT2D eigenvalue weighted by Gasteiger charge is 2.41. The van der Waals surface area contributed by atoms with Gasteiger partial charge in [-0.1, -0.05) is 121 Å². The first-order valence-electron chi connectivity index (χ1n) is 14.5. The Hall–Kier alpha value is -4.34. The van der Waals surface area contributed by atoms with E-state index in [1.165, 1.54) is 6.92 Å². The van der Waals surface area contributed by atoms with Crippen LogP contribution in [0.15, 0.2) is 121 Å². The zero-order valence-electron chi connectivity index (χ0n) is 24.7. The minimum atomic E-state index is -1.20. The molecule has 4 rings (SSSR count). The van der Waals surface area contributed by atoms with Gasteiger partial charge in [0, 0.05) is 6.92 Å². The quantitative estimate of drug-likeness (QED) is 0.0736. The van der Waals surface area contributed by atoms with Crippen LogP contribution in [0.5, 0.6) is 0 Å². The summed E-state index contributed by atoms with van der Waals surface area (Å²) in [6.45, 7) is 2.40. The lowest BCUT2D eigenvalue weighted by molar-refractivity contribution is -0.253. The molecule has 0 amide bonds. The van der Waals surface area contributed by atoms with E-state index >= 15 is 0 Å². The number of benzene rings is 4. The van der Waals surface area contributed by atoms with Gasteiger partial charge in [0.05, 0.1) is 33.0 Å². The maximum Gasteiger partial charge on any atom is 0.305 e. The van der Waals surface area contributed by atoms with Gasteiger partial charge in [-0.15, -0.1) is 0 Å². The molecule has 4 atom stereocenters. The fourth-order valence-corrected chi connectivity index (χ4v) is 4.54. The van der Waals surface area contributed by atoms with E-state index in [9.17, 15) is 9.59 Å². The molecule has 0 N–H and O–H groups in total. The van der Waals surface area contributed by atoms with Gasteiger partial charge < -0.3 is 28.4 Å². The first-order valence-corrected chi connectivity index (χ1v) is 14.5. The molecule has 0 spiro atoms. The molecule has 0 saturated heterocycles. The second-order valence-electron chi connectivity index (χ2n) is 10.1. The van der Waals surface area contributed by atoms with Crippen LogP contribution in [0.3, 0.4) is 0 Å². The Bertz CT molecular complexity index is 1350. The third kappa shape index (κ3) is 11.1. The lowest BCUT2D eigenvalue weighted by atomic mass is 10.1. The molecule has 230 valence electrons. The first-order chi connectivity index (χ1) is 21.6. The third-order valence-electron chi connectivity index (χ3n) is 6.69. The molecule has 4 aromatic carbocycles. The van der Waals surface area contributed by atoms with Gasteiger partial charge in [0.15, 0.2) is 12.2 Å². The van der Waals surface area contributed by atoms with Crippen LogP contribution in [0.1, 0.15) is 29.2 Å². The Morgan fingerprint density at radius 2 is 1.00 bits per heavy atom. The molecule has 0 fully saturated rings. The van der Waals surface area contributed by atoms with Gasteiger partial charge in [0.25, 0.3) is 6.47 Å². The predicted molar refractivity (Wildman–Crippen MR) is 164 cm³/mol. The lowest BCUT2D eigenvalue weighted by Gasteiger charge is -2.36. The summed E-state index contributed by atoms with van der Waals surface area (Å²) < 4.78 is 36.4. The zero-order chi connectivity index (χ0) is 30.8. The molecule has 8 nitrogen and oxygen atoms in total. The first kappa shape index (κ1) is 32.6. The van der Waals surface area contributed by atoms with Crippen LogP contribution in [0.25, 0.3) is 0 Å². The fourth-order valence-electron chi connectivity index (χ4n) is 4.54. The molecule has 0 aliphatic heterocycles. The standard InChI is InChI=1S/C36H38O8/c1-28(38)44-36(42-25-32-20-12-5-13-21-32)35(41-24-31-18-10-4-11-19-31)34(40-23-30-16-8-3-9-17-30)33(43-27-37)26-39-22-29-14-6-2-7-15-29/h2-21,27,33-36H,22-26H2,1H3/t33-,34-,35+,36?/m1/s1.